The fourth-order valence-corrected chi connectivity index (χ4v) is 4.19. The minimum Gasteiger partial charge on any atom is -0.490 e. The highest BCUT2D eigenvalue weighted by molar-refractivity contribution is 6.29. The zero-order valence-electron chi connectivity index (χ0n) is 27.1. The molecule has 0 aromatic rings. The number of esters is 1. The second-order valence-corrected chi connectivity index (χ2v) is 12.1. The van der Waals surface area contributed by atoms with E-state index >= 15 is 0 Å². The van der Waals surface area contributed by atoms with Gasteiger partial charge in [0.05, 0.1) is 7.11 Å². The van der Waals surface area contributed by atoms with E-state index in [1.165, 1.54) is 19.4 Å². The van der Waals surface area contributed by atoms with E-state index in [4.69, 9.17) is 25.8 Å². The summed E-state index contributed by atoms with van der Waals surface area (Å²) >= 11 is 5.92. The van der Waals surface area contributed by atoms with E-state index in [0.717, 1.165) is 5.57 Å². The SMILES string of the molecule is CCNC(=O)OC(C/C=C\NC(=O)C(NC(=O)/C=C/C=C/C(C)=C/C(C)C1CC=C(OC)C(=O)O1)C(C)(C)C)C/C=C(\C)Cl. The number of rotatable bonds is 15. The van der Waals surface area contributed by atoms with Crippen molar-refractivity contribution in [3.8, 4) is 0 Å². The lowest BCUT2D eigenvalue weighted by Gasteiger charge is -2.29. The smallest absolute Gasteiger partial charge is 0.407 e. The highest BCUT2D eigenvalue weighted by atomic mass is 35.5. The van der Waals surface area contributed by atoms with Gasteiger partial charge in [0.15, 0.2) is 5.76 Å². The van der Waals surface area contributed by atoms with Crippen LogP contribution in [0.5, 0.6) is 0 Å². The molecule has 1 aliphatic rings. The van der Waals surface area contributed by atoms with E-state index in [1.807, 2.05) is 46.8 Å². The molecule has 3 amide bonds. The van der Waals surface area contributed by atoms with Gasteiger partial charge in [0.2, 0.25) is 11.8 Å². The van der Waals surface area contributed by atoms with E-state index < -0.39 is 35.5 Å². The van der Waals surface area contributed by atoms with E-state index in [9.17, 15) is 19.2 Å². The second-order valence-electron chi connectivity index (χ2n) is 11.5. The summed E-state index contributed by atoms with van der Waals surface area (Å²) in [5, 5.41) is 8.66. The summed E-state index contributed by atoms with van der Waals surface area (Å²) in [6.45, 7) is 13.4. The van der Waals surface area contributed by atoms with Crippen LogP contribution in [0.2, 0.25) is 0 Å². The van der Waals surface area contributed by atoms with Crippen LogP contribution in [0.3, 0.4) is 0 Å². The van der Waals surface area contributed by atoms with E-state index in [-0.39, 0.29) is 23.7 Å². The molecule has 4 unspecified atom stereocenters. The maximum absolute atomic E-state index is 13.0. The average molecular weight is 634 g/mol. The predicted octanol–water partition coefficient (Wildman–Crippen LogP) is 5.73. The van der Waals surface area contributed by atoms with Gasteiger partial charge >= 0.3 is 12.1 Å². The molecule has 0 spiro atoms. The van der Waals surface area contributed by atoms with Gasteiger partial charge in [-0.3, -0.25) is 9.59 Å². The first kappa shape index (κ1) is 38.2. The monoisotopic (exact) mass is 633 g/mol. The van der Waals surface area contributed by atoms with Gasteiger partial charge in [-0.05, 0) is 38.5 Å². The number of nitrogens with one attached hydrogen (secondary N) is 3. The molecular formula is C33H48ClN3O7. The molecule has 1 rings (SSSR count). The maximum Gasteiger partial charge on any atom is 0.407 e. The van der Waals surface area contributed by atoms with Crippen molar-refractivity contribution in [3.63, 3.8) is 0 Å². The molecule has 11 heteroatoms. The highest BCUT2D eigenvalue weighted by Gasteiger charge is 2.32. The van der Waals surface area contributed by atoms with Crippen molar-refractivity contribution in [1.82, 2.24) is 16.0 Å². The minimum atomic E-state index is -0.814. The molecule has 10 nitrogen and oxygen atoms in total. The molecular weight excluding hydrogens is 586 g/mol. The lowest BCUT2D eigenvalue weighted by molar-refractivity contribution is -0.151. The van der Waals surface area contributed by atoms with E-state index in [1.54, 1.807) is 44.2 Å². The summed E-state index contributed by atoms with van der Waals surface area (Å²) in [6, 6.07) is -0.814. The topological polar surface area (TPSA) is 132 Å². The molecule has 1 aliphatic heterocycles. The predicted molar refractivity (Wildman–Crippen MR) is 172 cm³/mol. The third kappa shape index (κ3) is 15.1. The lowest BCUT2D eigenvalue weighted by atomic mass is 9.86. The largest absolute Gasteiger partial charge is 0.490 e. The van der Waals surface area contributed by atoms with Crippen LogP contribution in [-0.4, -0.2) is 55.8 Å². The number of carbonyl (C=O) groups is 4. The van der Waals surface area contributed by atoms with Crippen molar-refractivity contribution >= 4 is 35.5 Å². The Morgan fingerprint density at radius 2 is 1.84 bits per heavy atom. The fourth-order valence-electron chi connectivity index (χ4n) is 4.10. The van der Waals surface area contributed by atoms with Crippen LogP contribution >= 0.6 is 11.6 Å². The summed E-state index contributed by atoms with van der Waals surface area (Å²) in [6.07, 6.45) is 15.2. The number of hydrogen-bond acceptors (Lipinski definition) is 7. The number of halogens is 1. The van der Waals surface area contributed by atoms with Crippen LogP contribution in [0.1, 0.15) is 67.7 Å². The minimum absolute atomic E-state index is 0.0173. The third-order valence-electron chi connectivity index (χ3n) is 6.46. The molecule has 44 heavy (non-hydrogen) atoms. The van der Waals surface area contributed by atoms with Crippen molar-refractivity contribution in [2.24, 2.45) is 11.3 Å². The molecule has 0 fully saturated rings. The van der Waals surface area contributed by atoms with Crippen LogP contribution < -0.4 is 16.0 Å². The third-order valence-corrected chi connectivity index (χ3v) is 6.61. The molecule has 0 aromatic carbocycles. The number of methoxy groups -OCH3 is 1. The average Bonchev–Trinajstić information content (AvgIpc) is 2.94. The molecule has 1 heterocycles. The summed E-state index contributed by atoms with van der Waals surface area (Å²) in [5.74, 6) is -1.06. The Kier molecular flexibility index (Phi) is 16.9. The van der Waals surface area contributed by atoms with E-state index in [2.05, 4.69) is 16.0 Å². The molecule has 0 saturated heterocycles. The Hall–Kier alpha value is -3.79. The van der Waals surface area contributed by atoms with Gasteiger partial charge in [0.1, 0.15) is 18.2 Å². The maximum atomic E-state index is 13.0. The van der Waals surface area contributed by atoms with Gasteiger partial charge in [-0.25, -0.2) is 9.59 Å². The van der Waals surface area contributed by atoms with Crippen molar-refractivity contribution in [2.45, 2.75) is 86.0 Å². The molecule has 0 saturated carbocycles. The van der Waals surface area contributed by atoms with Gasteiger partial charge in [-0.2, -0.15) is 0 Å². The van der Waals surface area contributed by atoms with Gasteiger partial charge in [0.25, 0.3) is 0 Å². The number of amides is 3. The number of alkyl carbamates (subject to hydrolysis) is 1. The molecule has 0 bridgehead atoms. The highest BCUT2D eigenvalue weighted by Crippen LogP contribution is 2.23. The van der Waals surface area contributed by atoms with Crippen LogP contribution in [0.15, 0.2) is 71.2 Å². The Labute approximate surface area is 266 Å². The summed E-state index contributed by atoms with van der Waals surface area (Å²) in [7, 11) is 1.44. The summed E-state index contributed by atoms with van der Waals surface area (Å²) < 4.78 is 15.8. The Balaban J connectivity index is 2.72. The normalized spacial score (nSPS) is 18.4. The van der Waals surface area contributed by atoms with Gasteiger partial charge in [0, 0.05) is 42.8 Å². The first-order valence-electron chi connectivity index (χ1n) is 14.7. The number of ether oxygens (including phenoxy) is 3. The Morgan fingerprint density at radius 1 is 1.16 bits per heavy atom. The van der Waals surface area contributed by atoms with Crippen molar-refractivity contribution in [1.29, 1.82) is 0 Å². The van der Waals surface area contributed by atoms with Gasteiger partial charge in [-0.1, -0.05) is 81.3 Å². The molecule has 0 radical (unpaired) electrons. The number of allylic oxidation sites excluding steroid dienone is 5. The summed E-state index contributed by atoms with van der Waals surface area (Å²) in [4.78, 5) is 49.4. The lowest BCUT2D eigenvalue weighted by Crippen LogP contribution is -2.52. The first-order chi connectivity index (χ1) is 20.7. The summed E-state index contributed by atoms with van der Waals surface area (Å²) in [5.41, 5.74) is 0.368. The molecule has 244 valence electrons. The molecule has 0 aliphatic carbocycles. The Bertz CT molecular complexity index is 1170. The number of hydrogen-bond donors (Lipinski definition) is 3. The zero-order chi connectivity index (χ0) is 33.3. The molecule has 3 N–H and O–H groups in total. The van der Waals surface area contributed by atoms with Crippen LogP contribution in [0.4, 0.5) is 4.79 Å². The standard InChI is InChI=1S/C33H48ClN3O7/c1-9-35-32(41)43-25(17-16-24(4)34)14-12-20-36-30(39)29(33(5,6)7)37-28(38)15-11-10-13-22(2)21-23(3)26-18-19-27(42-8)31(40)44-26/h10-13,15-16,19-21,23,25-26,29H,9,14,17-18H2,1-8H3,(H,35,41)(H,36,39)(H,37,38)/b13-10+,15-11+,20-12-,22-21+,24-16+. The Morgan fingerprint density at radius 3 is 2.43 bits per heavy atom. The van der Waals surface area contributed by atoms with Crippen LogP contribution in [-0.2, 0) is 28.6 Å². The molecule has 0 aromatic heterocycles. The van der Waals surface area contributed by atoms with Crippen molar-refractivity contribution in [2.75, 3.05) is 13.7 Å². The van der Waals surface area contributed by atoms with Gasteiger partial charge in [-0.15, -0.1) is 0 Å². The first-order valence-corrected chi connectivity index (χ1v) is 15.1. The van der Waals surface area contributed by atoms with Gasteiger partial charge < -0.3 is 30.2 Å². The quantitative estimate of drug-likeness (QED) is 0.119. The number of carbonyl (C=O) groups excluding carboxylic acids is 4. The fraction of sp³-hybridized carbons (Fsp3) is 0.515. The van der Waals surface area contributed by atoms with Crippen molar-refractivity contribution in [3.05, 3.63) is 71.2 Å². The molecule has 4 atom stereocenters. The van der Waals surface area contributed by atoms with Crippen LogP contribution in [0, 0.1) is 11.3 Å². The van der Waals surface area contributed by atoms with E-state index in [0.29, 0.717) is 30.8 Å². The number of cyclic esters (lactones) is 1. The van der Waals surface area contributed by atoms with Crippen molar-refractivity contribution < 1.29 is 33.4 Å². The van der Waals surface area contributed by atoms with Crippen LogP contribution in [0.25, 0.3) is 0 Å². The zero-order valence-corrected chi connectivity index (χ0v) is 27.8. The second kappa shape index (κ2) is 19.5.